The minimum Gasteiger partial charge on any atom is -0.370 e. The van der Waals surface area contributed by atoms with Gasteiger partial charge >= 0.3 is 0 Å². The zero-order chi connectivity index (χ0) is 25.7. The number of primary amides is 1. The van der Waals surface area contributed by atoms with Crippen LogP contribution in [0.5, 0.6) is 0 Å². The normalized spacial score (nSPS) is 21.5. The zero-order valence-electron chi connectivity index (χ0n) is 19.2. The molecule has 13 nitrogen and oxygen atoms in total. The van der Waals surface area contributed by atoms with E-state index in [1.54, 1.807) is 6.20 Å². The molecule has 8 N–H and O–H groups in total. The number of nitrogens with two attached hydrogens (primary N) is 1. The lowest BCUT2D eigenvalue weighted by Gasteiger charge is -2.26. The molecule has 5 amide bonds. The summed E-state index contributed by atoms with van der Waals surface area (Å²) >= 11 is 0. The molecule has 0 unspecified atom stereocenters. The molecule has 1 aliphatic heterocycles. The zero-order valence-corrected chi connectivity index (χ0v) is 19.2. The number of hydrogen-bond donors (Lipinski definition) is 7. The summed E-state index contributed by atoms with van der Waals surface area (Å²) in [6.07, 6.45) is 4.28. The summed E-state index contributed by atoms with van der Waals surface area (Å²) in [7, 11) is 0. The Kier molecular flexibility index (Phi) is 7.28. The van der Waals surface area contributed by atoms with E-state index < -0.39 is 60.6 Å². The van der Waals surface area contributed by atoms with Crippen LogP contribution in [0.2, 0.25) is 0 Å². The van der Waals surface area contributed by atoms with Crippen molar-refractivity contribution in [2.45, 2.75) is 37.4 Å². The van der Waals surface area contributed by atoms with Crippen molar-refractivity contribution in [2.24, 2.45) is 5.73 Å². The van der Waals surface area contributed by atoms with Crippen LogP contribution < -0.4 is 27.0 Å². The molecular weight excluding hydrogens is 468 g/mol. The number of para-hydroxylation sites is 1. The van der Waals surface area contributed by atoms with Crippen molar-refractivity contribution in [1.82, 2.24) is 36.2 Å². The molecule has 1 aromatic carbocycles. The maximum Gasteiger partial charge on any atom is 0.243 e. The molecule has 13 heteroatoms. The van der Waals surface area contributed by atoms with E-state index in [1.807, 2.05) is 24.3 Å². The first-order valence-corrected chi connectivity index (χ1v) is 11.3. The van der Waals surface area contributed by atoms with Crippen LogP contribution in [0.15, 0.2) is 43.0 Å². The van der Waals surface area contributed by atoms with Crippen LogP contribution in [0, 0.1) is 0 Å². The van der Waals surface area contributed by atoms with E-state index in [-0.39, 0.29) is 12.8 Å². The van der Waals surface area contributed by atoms with E-state index in [0.717, 1.165) is 16.5 Å². The van der Waals surface area contributed by atoms with Crippen molar-refractivity contribution in [3.63, 3.8) is 0 Å². The van der Waals surface area contributed by atoms with Crippen LogP contribution in [-0.2, 0) is 36.8 Å². The number of carbonyl (C=O) groups excluding carboxylic acids is 5. The third kappa shape index (κ3) is 5.87. The van der Waals surface area contributed by atoms with Gasteiger partial charge in [-0.3, -0.25) is 24.0 Å². The van der Waals surface area contributed by atoms with Gasteiger partial charge in [-0.2, -0.15) is 0 Å². The summed E-state index contributed by atoms with van der Waals surface area (Å²) in [5.74, 6) is -3.48. The van der Waals surface area contributed by atoms with Gasteiger partial charge in [0.25, 0.3) is 0 Å². The average molecular weight is 495 g/mol. The van der Waals surface area contributed by atoms with Gasteiger partial charge in [0, 0.05) is 41.8 Å². The maximum absolute atomic E-state index is 13.2. The van der Waals surface area contributed by atoms with E-state index in [2.05, 4.69) is 36.2 Å². The SMILES string of the molecule is NC(=O)C[C@@H]1NC(=O)[C@H](Cc2c[nH]c3ccccc23)NC(=O)CNC(=O)[C@H](Cc2cnc[nH]2)NC1=O. The van der Waals surface area contributed by atoms with Gasteiger partial charge in [0.1, 0.15) is 18.1 Å². The number of rotatable bonds is 6. The molecule has 3 heterocycles. The largest absolute Gasteiger partial charge is 0.370 e. The number of imidazole rings is 1. The van der Waals surface area contributed by atoms with Crippen molar-refractivity contribution in [1.29, 1.82) is 0 Å². The molecule has 2 aromatic heterocycles. The highest BCUT2D eigenvalue weighted by atomic mass is 16.2. The quantitative estimate of drug-likeness (QED) is 0.209. The minimum absolute atomic E-state index is 0.0413. The van der Waals surface area contributed by atoms with Gasteiger partial charge in [-0.05, 0) is 11.6 Å². The van der Waals surface area contributed by atoms with Crippen LogP contribution in [0.3, 0.4) is 0 Å². The number of nitrogens with zero attached hydrogens (tertiary/aromatic N) is 1. The van der Waals surface area contributed by atoms with Crippen LogP contribution in [0.1, 0.15) is 17.7 Å². The van der Waals surface area contributed by atoms with Gasteiger partial charge in [0.2, 0.25) is 29.5 Å². The Morgan fingerprint density at radius 2 is 1.64 bits per heavy atom. The second kappa shape index (κ2) is 10.7. The molecule has 3 atom stereocenters. The lowest BCUT2D eigenvalue weighted by atomic mass is 10.0. The molecule has 36 heavy (non-hydrogen) atoms. The summed E-state index contributed by atoms with van der Waals surface area (Å²) in [6, 6.07) is 3.93. The Balaban J connectivity index is 1.59. The van der Waals surface area contributed by atoms with Gasteiger partial charge in [-0.1, -0.05) is 18.2 Å². The van der Waals surface area contributed by atoms with Crippen LogP contribution in [0.25, 0.3) is 10.9 Å². The number of amides is 5. The fourth-order valence-electron chi connectivity index (χ4n) is 4.05. The number of benzene rings is 1. The Hall–Kier alpha value is -4.68. The predicted octanol–water partition coefficient (Wildman–Crippen LogP) is -1.86. The fourth-order valence-corrected chi connectivity index (χ4v) is 4.05. The number of fused-ring (bicyclic) bond motifs is 1. The Bertz CT molecular complexity index is 1280. The van der Waals surface area contributed by atoms with Crippen LogP contribution >= 0.6 is 0 Å². The lowest BCUT2D eigenvalue weighted by Crippen LogP contribution is -2.60. The third-order valence-electron chi connectivity index (χ3n) is 5.82. The monoisotopic (exact) mass is 494 g/mol. The molecule has 188 valence electrons. The minimum atomic E-state index is -1.35. The molecule has 3 aromatic rings. The van der Waals surface area contributed by atoms with Gasteiger partial charge in [-0.25, -0.2) is 4.98 Å². The summed E-state index contributed by atoms with van der Waals surface area (Å²) < 4.78 is 0. The molecule has 1 fully saturated rings. The number of carbonyl (C=O) groups is 5. The van der Waals surface area contributed by atoms with Crippen molar-refractivity contribution < 1.29 is 24.0 Å². The Morgan fingerprint density at radius 1 is 0.917 bits per heavy atom. The first kappa shape index (κ1) is 24.4. The molecule has 0 radical (unpaired) electrons. The summed E-state index contributed by atoms with van der Waals surface area (Å²) in [4.78, 5) is 73.2. The van der Waals surface area contributed by atoms with Gasteiger partial charge in [0.05, 0.1) is 19.3 Å². The molecule has 0 bridgehead atoms. The molecule has 0 saturated carbocycles. The Morgan fingerprint density at radius 3 is 2.39 bits per heavy atom. The highest BCUT2D eigenvalue weighted by molar-refractivity contribution is 5.98. The first-order valence-electron chi connectivity index (χ1n) is 11.3. The van der Waals surface area contributed by atoms with Crippen LogP contribution in [-0.4, -0.2) is 69.2 Å². The number of aromatic amines is 2. The number of aromatic nitrogens is 3. The van der Waals surface area contributed by atoms with E-state index in [0.29, 0.717) is 5.69 Å². The third-order valence-corrected chi connectivity index (χ3v) is 5.82. The molecule has 4 rings (SSSR count). The second-order valence-corrected chi connectivity index (χ2v) is 8.48. The summed E-state index contributed by atoms with van der Waals surface area (Å²) in [5, 5.41) is 11.0. The van der Waals surface area contributed by atoms with Crippen molar-refractivity contribution >= 4 is 40.4 Å². The predicted molar refractivity (Wildman–Crippen MR) is 127 cm³/mol. The smallest absolute Gasteiger partial charge is 0.243 e. The second-order valence-electron chi connectivity index (χ2n) is 8.48. The lowest BCUT2D eigenvalue weighted by molar-refractivity contribution is -0.136. The van der Waals surface area contributed by atoms with Crippen molar-refractivity contribution in [3.8, 4) is 0 Å². The number of H-pyrrole nitrogens is 2. The molecular formula is C23H26N8O5. The standard InChI is InChI=1S/C23H26N8O5/c24-19(32)7-18-23(36)30-17(6-13-9-25-11-28-13)21(34)27-10-20(33)29-16(22(35)31-18)5-12-8-26-15-4-2-1-3-14(12)15/h1-4,8-9,11,16-18,26H,5-7,10H2,(H2,24,32)(H,25,28)(H,27,34)(H,29,33)(H,30,36)(H,31,35)/t16-,17-,18-/m0/s1. The topological polar surface area (TPSA) is 204 Å². The van der Waals surface area contributed by atoms with Gasteiger partial charge in [-0.15, -0.1) is 0 Å². The number of hydrogen-bond acceptors (Lipinski definition) is 6. The molecule has 1 saturated heterocycles. The fraction of sp³-hybridized carbons (Fsp3) is 0.304. The van der Waals surface area contributed by atoms with Gasteiger partial charge < -0.3 is 37.0 Å². The molecule has 0 aliphatic carbocycles. The molecule has 0 spiro atoms. The van der Waals surface area contributed by atoms with Crippen LogP contribution in [0.4, 0.5) is 0 Å². The van der Waals surface area contributed by atoms with E-state index in [4.69, 9.17) is 5.73 Å². The highest BCUT2D eigenvalue weighted by Crippen LogP contribution is 2.19. The molecule has 1 aliphatic rings. The summed E-state index contributed by atoms with van der Waals surface area (Å²) in [6.45, 7) is -0.406. The highest BCUT2D eigenvalue weighted by Gasteiger charge is 2.32. The van der Waals surface area contributed by atoms with Crippen molar-refractivity contribution in [2.75, 3.05) is 6.54 Å². The van der Waals surface area contributed by atoms with E-state index in [9.17, 15) is 24.0 Å². The van der Waals surface area contributed by atoms with E-state index >= 15 is 0 Å². The summed E-state index contributed by atoms with van der Waals surface area (Å²) in [5.41, 5.74) is 7.48. The van der Waals surface area contributed by atoms with Gasteiger partial charge in [0.15, 0.2) is 0 Å². The maximum atomic E-state index is 13.2. The average Bonchev–Trinajstić information content (AvgIpc) is 3.50. The Labute approximate surface area is 205 Å². The first-order chi connectivity index (χ1) is 17.3. The number of nitrogens with one attached hydrogen (secondary N) is 6. The van der Waals surface area contributed by atoms with Crippen molar-refractivity contribution in [3.05, 3.63) is 54.2 Å². The van der Waals surface area contributed by atoms with E-state index in [1.165, 1.54) is 12.5 Å².